The maximum absolute atomic E-state index is 8.99. The first-order chi connectivity index (χ1) is 9.49. The van der Waals surface area contributed by atoms with Crippen LogP contribution < -0.4 is 0 Å². The molecule has 22 heavy (non-hydrogen) atoms. The number of hydrogen-bond donors (Lipinski definition) is 1. The third-order valence-electron chi connectivity index (χ3n) is 2.65. The maximum Gasteiger partial charge on any atom is 0.116 e. The van der Waals surface area contributed by atoms with Gasteiger partial charge in [0.05, 0.1) is 0 Å². The summed E-state index contributed by atoms with van der Waals surface area (Å²) >= 11 is 2.19. The minimum atomic E-state index is 0. The fourth-order valence-corrected chi connectivity index (χ4v) is 1.54. The van der Waals surface area contributed by atoms with Gasteiger partial charge in [0.2, 0.25) is 0 Å². The van der Waals surface area contributed by atoms with E-state index >= 15 is 0 Å². The minimum absolute atomic E-state index is 0. The van der Waals surface area contributed by atoms with E-state index in [1.807, 2.05) is 32.1 Å². The molecule has 0 amide bonds. The molecule has 4 heteroatoms. The molecule has 1 aliphatic rings. The van der Waals surface area contributed by atoms with Crippen LogP contribution in [0.2, 0.25) is 0 Å². The number of halogens is 2. The molecule has 123 valence electrons. The summed E-state index contributed by atoms with van der Waals surface area (Å²) in [4.78, 5) is 0. The third kappa shape index (κ3) is 16.0. The number of hydrogen-bond acceptors (Lipinski definition) is 1. The molecular weight excluding hydrogens is 351 g/mol. The number of benzene rings is 1. The number of aryl methyl sites for hydroxylation is 2. The predicted octanol–water partition coefficient (Wildman–Crippen LogP) is 5.68. The molecule has 0 aliphatic heterocycles. The zero-order valence-electron chi connectivity index (χ0n) is 13.8. The second-order valence-electron chi connectivity index (χ2n) is 4.66. The van der Waals surface area contributed by atoms with E-state index in [2.05, 4.69) is 46.0 Å². The molecule has 0 unspecified atom stereocenters. The van der Waals surface area contributed by atoms with E-state index in [-0.39, 0.29) is 24.8 Å². The molecule has 1 aromatic rings. The van der Waals surface area contributed by atoms with Crippen LogP contribution in [-0.2, 0) is 20.0 Å². The number of allylic oxidation sites excluding steroid dienone is 4. The van der Waals surface area contributed by atoms with Crippen molar-refractivity contribution in [3.63, 3.8) is 0 Å². The van der Waals surface area contributed by atoms with Crippen LogP contribution in [0.25, 0.3) is 0 Å². The van der Waals surface area contributed by atoms with Crippen molar-refractivity contribution >= 4 is 28.6 Å². The number of phenolic OH excluding ortho intramolecular Hbond substituents is 1. The van der Waals surface area contributed by atoms with Gasteiger partial charge in [-0.3, -0.25) is 6.08 Å². The summed E-state index contributed by atoms with van der Waals surface area (Å²) in [5.41, 5.74) is 2.21. The van der Waals surface area contributed by atoms with Gasteiger partial charge in [-0.25, -0.2) is 12.2 Å². The van der Waals surface area contributed by atoms with Gasteiger partial charge in [0.15, 0.2) is 0 Å². The Morgan fingerprint density at radius 1 is 1.09 bits per heavy atom. The van der Waals surface area contributed by atoms with Gasteiger partial charge in [0, 0.05) is 0 Å². The van der Waals surface area contributed by atoms with Crippen molar-refractivity contribution in [3.8, 4) is 5.75 Å². The van der Waals surface area contributed by atoms with Crippen molar-refractivity contribution < 1.29 is 25.1 Å². The Hall–Kier alpha value is -0.336. The second-order valence-corrected chi connectivity index (χ2v) is 5.76. The molecule has 0 radical (unpaired) electrons. The number of rotatable bonds is 2. The molecule has 1 nitrogen and oxygen atoms in total. The van der Waals surface area contributed by atoms with Gasteiger partial charge in [-0.2, -0.15) is 6.08 Å². The van der Waals surface area contributed by atoms with Crippen molar-refractivity contribution in [1.82, 2.24) is 0 Å². The standard InChI is InChI=1S/C8H10O.C5H5.C5H10.2ClH.Ti/c1-6-3-7(2)5-8(9)4-6;1-2-4-5-3-1;1-3-5-4-2;;;/h3-5,9H,1-2H3;1-3H,4H2;3-4H2,1-2H3;2*1H;/q;-1;;;;+1. The molecule has 0 atom stereocenters. The quantitative estimate of drug-likeness (QED) is 0.518. The van der Waals surface area contributed by atoms with Gasteiger partial charge < -0.3 is 5.11 Å². The second kappa shape index (κ2) is 17.0. The molecule has 2 rings (SSSR count). The summed E-state index contributed by atoms with van der Waals surface area (Å²) in [6, 6.07) is 5.51. The van der Waals surface area contributed by atoms with Gasteiger partial charge >= 0.3 is 50.5 Å². The zero-order chi connectivity index (χ0) is 15.4. The van der Waals surface area contributed by atoms with Crippen LogP contribution in [0.5, 0.6) is 5.75 Å². The monoisotopic (exact) mass is 377 g/mol. The van der Waals surface area contributed by atoms with Crippen molar-refractivity contribution in [2.24, 2.45) is 0 Å². The first-order valence-electron chi connectivity index (χ1n) is 7.04. The van der Waals surface area contributed by atoms with Crippen molar-refractivity contribution in [2.45, 2.75) is 47.0 Å². The summed E-state index contributed by atoms with van der Waals surface area (Å²) in [7, 11) is 0. The molecule has 1 N–H and O–H groups in total. The van der Waals surface area contributed by atoms with Crippen LogP contribution in [0.15, 0.2) is 36.4 Å². The Balaban J connectivity index is -0.000000247. The molecule has 1 aromatic carbocycles. The van der Waals surface area contributed by atoms with E-state index in [0.29, 0.717) is 5.75 Å². The molecule has 0 fully saturated rings. The first-order valence-corrected chi connectivity index (χ1v) is 7.82. The van der Waals surface area contributed by atoms with Crippen LogP contribution >= 0.6 is 24.8 Å². The molecule has 0 saturated carbocycles. The SMILES string of the molecule is CC[C](=[Ti+])CC.Cc1cc(C)cc(O)c1.Cl.Cl.[C-]1=CC=CC1. The molecule has 0 aromatic heterocycles. The van der Waals surface area contributed by atoms with Crippen LogP contribution in [0.3, 0.4) is 0 Å². The summed E-state index contributed by atoms with van der Waals surface area (Å²) in [5, 5.41) is 8.99. The Morgan fingerprint density at radius 2 is 1.59 bits per heavy atom. The van der Waals surface area contributed by atoms with Crippen LogP contribution in [-0.4, -0.2) is 8.92 Å². The van der Waals surface area contributed by atoms with Gasteiger partial charge in [0.1, 0.15) is 5.75 Å². The molecule has 0 saturated heterocycles. The van der Waals surface area contributed by atoms with Crippen LogP contribution in [0.1, 0.15) is 44.2 Å². The maximum atomic E-state index is 8.99. The van der Waals surface area contributed by atoms with E-state index in [0.717, 1.165) is 17.5 Å². The molecule has 0 heterocycles. The average Bonchev–Trinajstić information content (AvgIpc) is 2.96. The topological polar surface area (TPSA) is 20.2 Å². The Kier molecular flexibility index (Phi) is 20.6. The zero-order valence-corrected chi connectivity index (χ0v) is 17.0. The van der Waals surface area contributed by atoms with Crippen molar-refractivity contribution in [2.75, 3.05) is 0 Å². The minimum Gasteiger partial charge on any atom is -0.508 e. The smallest absolute Gasteiger partial charge is 0.116 e. The molecule has 1 aliphatic carbocycles. The summed E-state index contributed by atoms with van der Waals surface area (Å²) in [6.07, 6.45) is 12.5. The van der Waals surface area contributed by atoms with Gasteiger partial charge in [-0.1, -0.05) is 6.07 Å². The van der Waals surface area contributed by atoms with E-state index < -0.39 is 0 Å². The molecular formula is C18H27Cl2OTi. The summed E-state index contributed by atoms with van der Waals surface area (Å²) in [5.74, 6) is 0.354. The van der Waals surface area contributed by atoms with Crippen molar-refractivity contribution in [3.05, 3.63) is 53.6 Å². The van der Waals surface area contributed by atoms with Gasteiger partial charge in [0.25, 0.3) is 0 Å². The number of aromatic hydroxyl groups is 1. The largest absolute Gasteiger partial charge is 0.508 e. The van der Waals surface area contributed by atoms with E-state index in [1.165, 1.54) is 12.8 Å². The Bertz CT molecular complexity index is 402. The summed E-state index contributed by atoms with van der Waals surface area (Å²) in [6.45, 7) is 8.32. The normalized spacial score (nSPS) is 10.3. The molecule has 0 bridgehead atoms. The van der Waals surface area contributed by atoms with E-state index in [4.69, 9.17) is 5.11 Å². The Morgan fingerprint density at radius 3 is 1.77 bits per heavy atom. The van der Waals surface area contributed by atoms with Gasteiger partial charge in [-0.05, 0) is 37.1 Å². The van der Waals surface area contributed by atoms with E-state index in [1.54, 1.807) is 15.9 Å². The first kappa shape index (κ1) is 26.6. The third-order valence-corrected chi connectivity index (χ3v) is 3.75. The fourth-order valence-electron chi connectivity index (χ4n) is 1.54. The van der Waals surface area contributed by atoms with Gasteiger partial charge in [-0.15, -0.1) is 31.2 Å². The van der Waals surface area contributed by atoms with Crippen LogP contribution in [0, 0.1) is 19.9 Å². The van der Waals surface area contributed by atoms with Crippen molar-refractivity contribution in [1.29, 1.82) is 0 Å². The molecule has 0 spiro atoms. The summed E-state index contributed by atoms with van der Waals surface area (Å²) < 4.78 is 1.59. The number of phenols is 1. The predicted molar refractivity (Wildman–Crippen MR) is 99.2 cm³/mol. The average molecular weight is 378 g/mol. The van der Waals surface area contributed by atoms with E-state index in [9.17, 15) is 0 Å². The fraction of sp³-hybridized carbons (Fsp3) is 0.389. The van der Waals surface area contributed by atoms with Crippen LogP contribution in [0.4, 0.5) is 0 Å². The Labute approximate surface area is 159 Å².